The zero-order valence-electron chi connectivity index (χ0n) is 24.5. The van der Waals surface area contributed by atoms with Crippen molar-refractivity contribution in [3.05, 3.63) is 132 Å². The number of allylic oxidation sites excluding steroid dienone is 1. The van der Waals surface area contributed by atoms with Crippen LogP contribution in [0.15, 0.2) is 100 Å². The maximum Gasteiger partial charge on any atom is 0.338 e. The van der Waals surface area contributed by atoms with Crippen molar-refractivity contribution in [2.45, 2.75) is 26.5 Å². The van der Waals surface area contributed by atoms with Gasteiger partial charge >= 0.3 is 5.97 Å². The molecule has 1 aromatic heterocycles. The number of aromatic nitrogens is 1. The summed E-state index contributed by atoms with van der Waals surface area (Å²) in [6.45, 7) is 8.08. The number of hydrogen-bond donors (Lipinski definition) is 0. The van der Waals surface area contributed by atoms with Crippen LogP contribution in [0.2, 0.25) is 5.02 Å². The van der Waals surface area contributed by atoms with E-state index in [2.05, 4.69) is 11.6 Å². The number of carbonyl (C=O) groups is 1. The molecule has 3 aromatic carbocycles. The molecule has 0 aliphatic carbocycles. The van der Waals surface area contributed by atoms with Crippen molar-refractivity contribution in [1.29, 1.82) is 0 Å². The van der Waals surface area contributed by atoms with Crippen LogP contribution in [0, 0.1) is 0 Å². The number of methoxy groups -OCH3 is 1. The maximum absolute atomic E-state index is 14.0. The predicted molar refractivity (Wildman–Crippen MR) is 171 cm³/mol. The van der Waals surface area contributed by atoms with Gasteiger partial charge in [-0.15, -0.1) is 0 Å². The molecule has 1 atom stereocenters. The van der Waals surface area contributed by atoms with E-state index in [0.717, 1.165) is 16.7 Å². The van der Waals surface area contributed by atoms with Crippen molar-refractivity contribution in [3.63, 3.8) is 0 Å². The number of fused-ring (bicyclic) bond motifs is 1. The van der Waals surface area contributed by atoms with E-state index in [-0.39, 0.29) is 12.2 Å². The summed E-state index contributed by atoms with van der Waals surface area (Å²) in [5, 5.41) is 0.659. The average Bonchev–Trinajstić information content (AvgIpc) is 3.33. The van der Waals surface area contributed by atoms with Crippen LogP contribution in [0.25, 0.3) is 6.08 Å². The molecule has 0 N–H and O–H groups in total. The first-order chi connectivity index (χ1) is 21.3. The molecule has 0 unspecified atom stereocenters. The summed E-state index contributed by atoms with van der Waals surface area (Å²) < 4.78 is 24.6. The first-order valence-electron chi connectivity index (χ1n) is 13.9. The number of carbonyl (C=O) groups excluding carboxylic acids is 1. The zero-order chi connectivity index (χ0) is 31.2. The van der Waals surface area contributed by atoms with E-state index >= 15 is 0 Å². The molecule has 4 aromatic rings. The molecule has 5 rings (SSSR count). The van der Waals surface area contributed by atoms with Crippen molar-refractivity contribution >= 4 is 35.0 Å². The minimum atomic E-state index is -0.723. The molecule has 226 valence electrons. The largest absolute Gasteiger partial charge is 0.493 e. The molecule has 0 bridgehead atoms. The van der Waals surface area contributed by atoms with Gasteiger partial charge in [-0.3, -0.25) is 9.36 Å². The Hall–Kier alpha value is -4.60. The number of nitrogens with zero attached hydrogens (tertiary/aromatic N) is 2. The van der Waals surface area contributed by atoms with Gasteiger partial charge in [0.05, 0.1) is 35.6 Å². The van der Waals surface area contributed by atoms with Gasteiger partial charge in [0.1, 0.15) is 19.0 Å². The molecular formula is C34H31ClN2O6S. The molecule has 0 radical (unpaired) electrons. The first kappa shape index (κ1) is 30.8. The Morgan fingerprint density at radius 2 is 1.82 bits per heavy atom. The molecule has 10 heteroatoms. The minimum absolute atomic E-state index is 0.197. The van der Waals surface area contributed by atoms with Crippen LogP contribution in [0.4, 0.5) is 0 Å². The summed E-state index contributed by atoms with van der Waals surface area (Å²) >= 11 is 7.23. The SMILES string of the molecule is C=CCOc1ccc([C@@H]2C(C(=O)OCC)=C(C)N=c3s/c(=C\c4ccc(OCc5ccc(Cl)cc5)c(OC)c4)c(=O)n32)cc1. The van der Waals surface area contributed by atoms with E-state index in [1.807, 2.05) is 48.5 Å². The van der Waals surface area contributed by atoms with Crippen LogP contribution in [-0.2, 0) is 16.1 Å². The molecule has 0 spiro atoms. The number of esters is 1. The summed E-state index contributed by atoms with van der Waals surface area (Å²) in [6.07, 6.45) is 3.44. The lowest BCUT2D eigenvalue weighted by Gasteiger charge is -2.24. The Morgan fingerprint density at radius 1 is 1.07 bits per heavy atom. The van der Waals surface area contributed by atoms with E-state index in [4.69, 9.17) is 30.5 Å². The molecule has 1 aliphatic rings. The highest BCUT2D eigenvalue weighted by atomic mass is 35.5. The van der Waals surface area contributed by atoms with E-state index in [0.29, 0.717) is 56.1 Å². The van der Waals surface area contributed by atoms with E-state index < -0.39 is 12.0 Å². The lowest BCUT2D eigenvalue weighted by molar-refractivity contribution is -0.139. The van der Waals surface area contributed by atoms with E-state index in [1.54, 1.807) is 55.9 Å². The number of hydrogen-bond acceptors (Lipinski definition) is 8. The van der Waals surface area contributed by atoms with Crippen molar-refractivity contribution in [2.75, 3.05) is 20.3 Å². The fourth-order valence-corrected chi connectivity index (χ4v) is 5.97. The molecule has 0 fully saturated rings. The predicted octanol–water partition coefficient (Wildman–Crippen LogP) is 5.60. The Labute approximate surface area is 263 Å². The second-order valence-corrected chi connectivity index (χ2v) is 11.2. The van der Waals surface area contributed by atoms with Gasteiger partial charge in [-0.25, -0.2) is 9.79 Å². The third kappa shape index (κ3) is 6.64. The Kier molecular flexibility index (Phi) is 9.67. The zero-order valence-corrected chi connectivity index (χ0v) is 26.1. The highest BCUT2D eigenvalue weighted by molar-refractivity contribution is 7.07. The van der Waals surface area contributed by atoms with Crippen molar-refractivity contribution < 1.29 is 23.7 Å². The molecule has 1 aliphatic heterocycles. The van der Waals surface area contributed by atoms with Gasteiger partial charge in [0, 0.05) is 5.02 Å². The van der Waals surface area contributed by atoms with Crippen LogP contribution in [0.5, 0.6) is 17.2 Å². The lowest BCUT2D eigenvalue weighted by atomic mass is 9.96. The van der Waals surface area contributed by atoms with Gasteiger partial charge in [-0.05, 0) is 73.0 Å². The number of ether oxygens (including phenoxy) is 4. The fraction of sp³-hybridized carbons (Fsp3) is 0.206. The summed E-state index contributed by atoms with van der Waals surface area (Å²) in [5.74, 6) is 1.22. The van der Waals surface area contributed by atoms with E-state index in [1.165, 1.54) is 11.3 Å². The van der Waals surface area contributed by atoms with Crippen LogP contribution < -0.4 is 29.1 Å². The van der Waals surface area contributed by atoms with Crippen molar-refractivity contribution in [2.24, 2.45) is 4.99 Å². The number of thiazole rings is 1. The molecule has 0 amide bonds. The highest BCUT2D eigenvalue weighted by Crippen LogP contribution is 2.32. The van der Waals surface area contributed by atoms with Crippen LogP contribution in [0.1, 0.15) is 36.6 Å². The normalized spacial score (nSPS) is 14.5. The van der Waals surface area contributed by atoms with Gasteiger partial charge in [0.15, 0.2) is 16.3 Å². The third-order valence-corrected chi connectivity index (χ3v) is 8.11. The van der Waals surface area contributed by atoms with Gasteiger partial charge < -0.3 is 18.9 Å². The first-order valence-corrected chi connectivity index (χ1v) is 15.1. The highest BCUT2D eigenvalue weighted by Gasteiger charge is 2.33. The molecular weight excluding hydrogens is 600 g/mol. The monoisotopic (exact) mass is 630 g/mol. The summed E-state index contributed by atoms with van der Waals surface area (Å²) in [6, 6.07) is 19.4. The van der Waals surface area contributed by atoms with E-state index in [9.17, 15) is 9.59 Å². The second kappa shape index (κ2) is 13.8. The second-order valence-electron chi connectivity index (χ2n) is 9.80. The summed E-state index contributed by atoms with van der Waals surface area (Å²) in [7, 11) is 1.57. The summed E-state index contributed by atoms with van der Waals surface area (Å²) in [4.78, 5) is 32.2. The Bertz CT molecular complexity index is 1890. The number of halogens is 1. The van der Waals surface area contributed by atoms with Crippen LogP contribution in [-0.4, -0.2) is 30.9 Å². The van der Waals surface area contributed by atoms with Gasteiger partial charge in [0.25, 0.3) is 5.56 Å². The van der Waals surface area contributed by atoms with Crippen molar-refractivity contribution in [3.8, 4) is 17.2 Å². The van der Waals surface area contributed by atoms with Crippen LogP contribution >= 0.6 is 22.9 Å². The fourth-order valence-electron chi connectivity index (χ4n) is 4.79. The smallest absolute Gasteiger partial charge is 0.338 e. The topological polar surface area (TPSA) is 88.4 Å². The molecule has 44 heavy (non-hydrogen) atoms. The number of rotatable bonds is 11. The van der Waals surface area contributed by atoms with Gasteiger partial charge in [-0.1, -0.05) is 65.9 Å². The minimum Gasteiger partial charge on any atom is -0.493 e. The Balaban J connectivity index is 1.52. The maximum atomic E-state index is 14.0. The molecule has 0 saturated heterocycles. The lowest BCUT2D eigenvalue weighted by Crippen LogP contribution is -2.39. The standard InChI is InChI=1S/C34H31ClN2O6S/c1-5-17-42-26-14-10-24(11-15-26)31-30(33(39)41-6-2)21(3)36-34-37(31)32(38)29(44-34)19-23-9-16-27(28(18-23)40-4)43-20-22-7-12-25(35)13-8-22/h5,7-16,18-19,31H,1,6,17,20H2,2-4H3/b29-19-/t31-/m1/s1. The third-order valence-electron chi connectivity index (χ3n) is 6.87. The van der Waals surface area contributed by atoms with Crippen LogP contribution in [0.3, 0.4) is 0 Å². The molecule has 0 saturated carbocycles. The average molecular weight is 631 g/mol. The number of benzene rings is 3. The molecule has 8 nitrogen and oxygen atoms in total. The quantitative estimate of drug-likeness (QED) is 0.158. The molecule has 2 heterocycles. The van der Waals surface area contributed by atoms with Gasteiger partial charge in [0.2, 0.25) is 0 Å². The summed E-state index contributed by atoms with van der Waals surface area (Å²) in [5.41, 5.74) is 2.97. The Morgan fingerprint density at radius 3 is 2.50 bits per heavy atom. The van der Waals surface area contributed by atoms with Gasteiger partial charge in [-0.2, -0.15) is 0 Å². The van der Waals surface area contributed by atoms with Crippen molar-refractivity contribution in [1.82, 2.24) is 4.57 Å².